The molecule has 1 aromatic heterocycles. The predicted molar refractivity (Wildman–Crippen MR) is 108 cm³/mol. The van der Waals surface area contributed by atoms with Gasteiger partial charge in [0.1, 0.15) is 12.1 Å². The minimum atomic E-state index is -1.56. The average Bonchev–Trinajstić information content (AvgIpc) is 3.22. The molecule has 4 atom stereocenters. The van der Waals surface area contributed by atoms with Crippen molar-refractivity contribution in [1.29, 1.82) is 0 Å². The zero-order chi connectivity index (χ0) is 23.6. The molecule has 0 fully saturated rings. The Morgan fingerprint density at radius 1 is 1.16 bits per heavy atom. The van der Waals surface area contributed by atoms with Crippen LogP contribution in [0, 0.1) is 5.92 Å². The van der Waals surface area contributed by atoms with Crippen LogP contribution in [-0.2, 0) is 30.4 Å². The molecule has 4 unspecified atom stereocenters. The quantitative estimate of drug-likeness (QED) is 0.172. The van der Waals surface area contributed by atoms with Crippen LogP contribution in [0.2, 0.25) is 0 Å². The first-order valence-electron chi connectivity index (χ1n) is 9.66. The molecule has 0 radical (unpaired) electrons. The van der Waals surface area contributed by atoms with Gasteiger partial charge in [-0.15, -0.1) is 0 Å². The Morgan fingerprint density at radius 3 is 2.35 bits per heavy atom. The topological polar surface area (TPSA) is 222 Å². The summed E-state index contributed by atoms with van der Waals surface area (Å²) in [5.41, 5.74) is 11.3. The number of carbonyl (C=O) groups excluding carboxylic acids is 4. The molecule has 13 heteroatoms. The maximum atomic E-state index is 12.6. The maximum Gasteiger partial charge on any atom is 0.326 e. The van der Waals surface area contributed by atoms with Gasteiger partial charge in [-0.2, -0.15) is 0 Å². The Morgan fingerprint density at radius 2 is 1.84 bits per heavy atom. The summed E-state index contributed by atoms with van der Waals surface area (Å²) in [6.07, 6.45) is 2.83. The summed E-state index contributed by atoms with van der Waals surface area (Å²) in [4.78, 5) is 65.8. The van der Waals surface area contributed by atoms with E-state index in [9.17, 15) is 24.0 Å². The molecule has 9 N–H and O–H groups in total. The van der Waals surface area contributed by atoms with E-state index in [4.69, 9.17) is 16.6 Å². The van der Waals surface area contributed by atoms with Gasteiger partial charge in [-0.1, -0.05) is 20.3 Å². The van der Waals surface area contributed by atoms with Gasteiger partial charge in [0.2, 0.25) is 23.6 Å². The van der Waals surface area contributed by atoms with Gasteiger partial charge in [-0.05, 0) is 5.92 Å². The van der Waals surface area contributed by atoms with Crippen LogP contribution in [-0.4, -0.2) is 69.3 Å². The molecule has 1 aromatic rings. The average molecular weight is 439 g/mol. The van der Waals surface area contributed by atoms with Gasteiger partial charge in [-0.3, -0.25) is 19.2 Å². The minimum absolute atomic E-state index is 0.0409. The molecule has 0 aliphatic rings. The lowest BCUT2D eigenvalue weighted by atomic mass is 9.99. The van der Waals surface area contributed by atoms with Crippen LogP contribution in [0.25, 0.3) is 0 Å². The molecule has 0 aliphatic carbocycles. The Labute approximate surface area is 178 Å². The highest BCUT2D eigenvalue weighted by Crippen LogP contribution is 2.05. The predicted octanol–water partition coefficient (Wildman–Crippen LogP) is -2.63. The number of H-pyrrole nitrogens is 1. The summed E-state index contributed by atoms with van der Waals surface area (Å²) in [6.45, 7) is 3.26. The van der Waals surface area contributed by atoms with Crippen LogP contribution in [0.1, 0.15) is 32.4 Å². The molecule has 0 saturated carbocycles. The van der Waals surface area contributed by atoms with Crippen molar-refractivity contribution >= 4 is 29.6 Å². The van der Waals surface area contributed by atoms with Crippen LogP contribution >= 0.6 is 0 Å². The van der Waals surface area contributed by atoms with E-state index in [0.29, 0.717) is 12.1 Å². The van der Waals surface area contributed by atoms with Crippen molar-refractivity contribution in [3.8, 4) is 0 Å². The highest BCUT2D eigenvalue weighted by molar-refractivity contribution is 5.93. The molecule has 1 heterocycles. The highest BCUT2D eigenvalue weighted by atomic mass is 16.4. The van der Waals surface area contributed by atoms with E-state index in [2.05, 4.69) is 25.9 Å². The minimum Gasteiger partial charge on any atom is -0.480 e. The van der Waals surface area contributed by atoms with Crippen molar-refractivity contribution in [2.24, 2.45) is 17.4 Å². The van der Waals surface area contributed by atoms with Gasteiger partial charge in [0, 0.05) is 18.3 Å². The number of rotatable bonds is 13. The van der Waals surface area contributed by atoms with Crippen molar-refractivity contribution in [3.63, 3.8) is 0 Å². The number of aromatic amines is 1. The van der Waals surface area contributed by atoms with Crippen LogP contribution in [0.4, 0.5) is 0 Å². The second-order valence-corrected chi connectivity index (χ2v) is 7.10. The third-order valence-electron chi connectivity index (χ3n) is 4.63. The van der Waals surface area contributed by atoms with Gasteiger partial charge in [0.15, 0.2) is 0 Å². The molecule has 1 rings (SSSR count). The third kappa shape index (κ3) is 8.82. The Balaban J connectivity index is 2.80. The van der Waals surface area contributed by atoms with Gasteiger partial charge >= 0.3 is 5.97 Å². The number of nitrogens with two attached hydrogens (primary N) is 2. The number of carboxylic acid groups (broad SMARTS) is 1. The van der Waals surface area contributed by atoms with Gasteiger partial charge in [0.05, 0.1) is 25.3 Å². The number of hydrogen-bond donors (Lipinski definition) is 7. The second kappa shape index (κ2) is 12.3. The molecule has 0 spiro atoms. The first kappa shape index (κ1) is 25.6. The van der Waals surface area contributed by atoms with E-state index >= 15 is 0 Å². The number of aromatic nitrogens is 2. The first-order valence-corrected chi connectivity index (χ1v) is 9.66. The fourth-order valence-electron chi connectivity index (χ4n) is 2.54. The molecule has 31 heavy (non-hydrogen) atoms. The van der Waals surface area contributed by atoms with E-state index in [0.717, 1.165) is 0 Å². The number of aliphatic carboxylic acids is 1. The summed E-state index contributed by atoms with van der Waals surface area (Å²) in [6, 6.07) is -3.55. The Bertz CT molecular complexity index is 782. The molecule has 172 valence electrons. The number of carbonyl (C=O) groups is 5. The summed E-state index contributed by atoms with van der Waals surface area (Å²) < 4.78 is 0. The van der Waals surface area contributed by atoms with Crippen molar-refractivity contribution in [2.45, 2.75) is 51.2 Å². The van der Waals surface area contributed by atoms with Crippen molar-refractivity contribution in [3.05, 3.63) is 18.2 Å². The second-order valence-electron chi connectivity index (χ2n) is 7.10. The fourth-order valence-corrected chi connectivity index (χ4v) is 2.54. The monoisotopic (exact) mass is 439 g/mol. The Hall–Kier alpha value is -3.48. The molecule has 4 amide bonds. The molecule has 0 aromatic carbocycles. The molecule has 0 bridgehead atoms. The number of nitrogens with one attached hydrogen (secondary N) is 4. The van der Waals surface area contributed by atoms with E-state index in [1.807, 2.05) is 6.92 Å². The highest BCUT2D eigenvalue weighted by Gasteiger charge is 2.28. The van der Waals surface area contributed by atoms with Crippen LogP contribution < -0.4 is 27.4 Å². The zero-order valence-electron chi connectivity index (χ0n) is 17.4. The molecule has 0 saturated heterocycles. The number of carboxylic acids is 1. The largest absolute Gasteiger partial charge is 0.480 e. The van der Waals surface area contributed by atoms with E-state index in [1.165, 1.54) is 12.5 Å². The summed E-state index contributed by atoms with van der Waals surface area (Å²) >= 11 is 0. The lowest BCUT2D eigenvalue weighted by Crippen LogP contribution is -2.55. The SMILES string of the molecule is CCC(C)C(N)C(=O)NCC(=O)NC(Cc1cnc[nH]1)C(=O)NC(CC(N)=O)C(=O)O. The third-order valence-corrected chi connectivity index (χ3v) is 4.63. The van der Waals surface area contributed by atoms with Gasteiger partial charge < -0.3 is 37.5 Å². The number of hydrogen-bond acceptors (Lipinski definition) is 7. The number of nitrogens with zero attached hydrogens (tertiary/aromatic N) is 1. The standard InChI is InChI=1S/C18H29N7O6/c1-3-9(2)15(20)17(29)22-7-14(27)24-11(4-10-6-21-8-23-10)16(28)25-12(18(30)31)5-13(19)26/h6,8-9,11-12,15H,3-5,7,20H2,1-2H3,(H2,19,26)(H,21,23)(H,22,29)(H,24,27)(H,25,28)(H,30,31). The molecular formula is C18H29N7O6. The van der Waals surface area contributed by atoms with Crippen LogP contribution in [0.3, 0.4) is 0 Å². The van der Waals surface area contributed by atoms with E-state index < -0.39 is 60.7 Å². The molecular weight excluding hydrogens is 410 g/mol. The van der Waals surface area contributed by atoms with Crippen LogP contribution in [0.5, 0.6) is 0 Å². The summed E-state index contributed by atoms with van der Waals surface area (Å²) in [7, 11) is 0. The summed E-state index contributed by atoms with van der Waals surface area (Å²) in [5, 5.41) is 16.2. The summed E-state index contributed by atoms with van der Waals surface area (Å²) in [5.74, 6) is -4.50. The fraction of sp³-hybridized carbons (Fsp3) is 0.556. The van der Waals surface area contributed by atoms with Gasteiger partial charge in [0.25, 0.3) is 0 Å². The van der Waals surface area contributed by atoms with Crippen molar-refractivity contribution in [2.75, 3.05) is 6.54 Å². The number of primary amides is 1. The van der Waals surface area contributed by atoms with E-state index in [-0.39, 0.29) is 12.3 Å². The smallest absolute Gasteiger partial charge is 0.326 e. The van der Waals surface area contributed by atoms with Crippen LogP contribution in [0.15, 0.2) is 12.5 Å². The Kier molecular flexibility index (Phi) is 10.1. The number of imidazole rings is 1. The van der Waals surface area contributed by atoms with E-state index in [1.54, 1.807) is 6.92 Å². The van der Waals surface area contributed by atoms with Crippen molar-refractivity contribution in [1.82, 2.24) is 25.9 Å². The lowest BCUT2D eigenvalue weighted by Gasteiger charge is -2.21. The number of amides is 4. The first-order chi connectivity index (χ1) is 14.5. The maximum absolute atomic E-state index is 12.6. The lowest BCUT2D eigenvalue weighted by molar-refractivity contribution is -0.143. The molecule has 0 aliphatic heterocycles. The van der Waals surface area contributed by atoms with Gasteiger partial charge in [-0.25, -0.2) is 9.78 Å². The zero-order valence-corrected chi connectivity index (χ0v) is 17.4. The normalized spacial score (nSPS) is 14.5. The molecule has 13 nitrogen and oxygen atoms in total. The van der Waals surface area contributed by atoms with Crippen molar-refractivity contribution < 1.29 is 29.1 Å².